The van der Waals surface area contributed by atoms with E-state index in [1.807, 2.05) is 72.8 Å². The van der Waals surface area contributed by atoms with E-state index in [-0.39, 0.29) is 11.3 Å². The van der Waals surface area contributed by atoms with Gasteiger partial charge in [-0.15, -0.1) is 0 Å². The molecule has 0 aliphatic heterocycles. The number of anilines is 1. The number of nitrogens with one attached hydrogen (secondary N) is 1. The minimum Gasteiger partial charge on any atom is -0.489 e. The van der Waals surface area contributed by atoms with Crippen LogP contribution in [0, 0.1) is 0 Å². The number of ether oxygens (including phenoxy) is 1. The number of carbonyl (C=O) groups excluding carboxylic acids is 1. The van der Waals surface area contributed by atoms with Crippen LogP contribution in [-0.2, 0) is 16.8 Å². The zero-order valence-electron chi connectivity index (χ0n) is 17.5. The van der Waals surface area contributed by atoms with Crippen molar-refractivity contribution < 1.29 is 9.53 Å². The first kappa shape index (κ1) is 21.8. The summed E-state index contributed by atoms with van der Waals surface area (Å²) in [5.41, 5.74) is 4.07. The summed E-state index contributed by atoms with van der Waals surface area (Å²) < 4.78 is 6.66. The van der Waals surface area contributed by atoms with Crippen LogP contribution in [0.2, 0.25) is 0 Å². The first-order valence-electron chi connectivity index (χ1n) is 9.87. The molecule has 3 nitrogen and oxygen atoms in total. The molecule has 0 saturated carbocycles. The van der Waals surface area contributed by atoms with Gasteiger partial charge in [-0.1, -0.05) is 69.3 Å². The molecular weight excluding hydrogens is 438 g/mol. The van der Waals surface area contributed by atoms with E-state index in [1.165, 1.54) is 11.6 Å². The number of rotatable bonds is 6. The summed E-state index contributed by atoms with van der Waals surface area (Å²) in [6, 6.07) is 23.7. The van der Waals surface area contributed by atoms with Crippen molar-refractivity contribution in [3.8, 4) is 5.75 Å². The van der Waals surface area contributed by atoms with Crippen molar-refractivity contribution in [2.75, 3.05) is 5.32 Å². The zero-order valence-corrected chi connectivity index (χ0v) is 19.1. The highest BCUT2D eigenvalue weighted by molar-refractivity contribution is 9.10. The Morgan fingerprint density at radius 3 is 2.33 bits per heavy atom. The molecule has 0 heterocycles. The lowest BCUT2D eigenvalue weighted by Crippen LogP contribution is -2.12. The van der Waals surface area contributed by atoms with Gasteiger partial charge >= 0.3 is 0 Å². The molecule has 4 heteroatoms. The van der Waals surface area contributed by atoms with Crippen molar-refractivity contribution in [2.24, 2.45) is 0 Å². The monoisotopic (exact) mass is 463 g/mol. The molecule has 3 rings (SSSR count). The second kappa shape index (κ2) is 9.77. The fourth-order valence-corrected chi connectivity index (χ4v) is 3.32. The van der Waals surface area contributed by atoms with Crippen LogP contribution in [0.15, 0.2) is 83.3 Å². The van der Waals surface area contributed by atoms with E-state index in [1.54, 1.807) is 6.08 Å². The molecule has 3 aromatic carbocycles. The summed E-state index contributed by atoms with van der Waals surface area (Å²) in [7, 11) is 0. The third kappa shape index (κ3) is 6.33. The summed E-state index contributed by atoms with van der Waals surface area (Å²) in [6.07, 6.45) is 3.32. The largest absolute Gasteiger partial charge is 0.489 e. The SMILES string of the molecule is CC(C)(C)c1ccc(NC(=O)/C=C/c2ccc(OCc3ccccc3)cc2)c(Br)c1. The molecular formula is C26H26BrNO2. The van der Waals surface area contributed by atoms with Crippen LogP contribution in [-0.4, -0.2) is 5.91 Å². The molecule has 0 spiro atoms. The van der Waals surface area contributed by atoms with E-state index in [0.29, 0.717) is 6.61 Å². The average Bonchev–Trinajstić information content (AvgIpc) is 2.73. The van der Waals surface area contributed by atoms with Crippen molar-refractivity contribution in [3.63, 3.8) is 0 Å². The molecule has 0 saturated heterocycles. The molecule has 1 amide bonds. The molecule has 0 radical (unpaired) electrons. The van der Waals surface area contributed by atoms with Crippen LogP contribution in [0.25, 0.3) is 6.08 Å². The molecule has 0 aliphatic rings. The number of halogens is 1. The second-order valence-electron chi connectivity index (χ2n) is 8.11. The average molecular weight is 464 g/mol. The van der Waals surface area contributed by atoms with Crippen LogP contribution < -0.4 is 10.1 Å². The lowest BCUT2D eigenvalue weighted by Gasteiger charge is -2.20. The van der Waals surface area contributed by atoms with Crippen LogP contribution in [0.1, 0.15) is 37.5 Å². The molecule has 154 valence electrons. The number of hydrogen-bond acceptors (Lipinski definition) is 2. The molecule has 30 heavy (non-hydrogen) atoms. The predicted octanol–water partition coefficient (Wildman–Crippen LogP) is 6.98. The quantitative estimate of drug-likeness (QED) is 0.400. The second-order valence-corrected chi connectivity index (χ2v) is 8.96. The van der Waals surface area contributed by atoms with Gasteiger partial charge in [0.05, 0.1) is 5.69 Å². The normalized spacial score (nSPS) is 11.5. The van der Waals surface area contributed by atoms with Crippen molar-refractivity contribution in [3.05, 3.63) is 100 Å². The third-order valence-corrected chi connectivity index (χ3v) is 5.30. The summed E-state index contributed by atoms with van der Waals surface area (Å²) in [5.74, 6) is 0.618. The summed E-state index contributed by atoms with van der Waals surface area (Å²) >= 11 is 3.55. The van der Waals surface area contributed by atoms with E-state index in [4.69, 9.17) is 4.74 Å². The first-order chi connectivity index (χ1) is 14.3. The van der Waals surface area contributed by atoms with Crippen molar-refractivity contribution in [1.82, 2.24) is 0 Å². The molecule has 0 aromatic heterocycles. The standard InChI is InChI=1S/C26H26BrNO2/c1-26(2,3)21-12-15-24(23(27)17-21)28-25(29)16-11-19-9-13-22(14-10-19)30-18-20-7-5-4-6-8-20/h4-17H,18H2,1-3H3,(H,28,29)/b16-11+. The van der Waals surface area contributed by atoms with Gasteiger partial charge in [0.1, 0.15) is 12.4 Å². The van der Waals surface area contributed by atoms with Gasteiger partial charge in [0.15, 0.2) is 0 Å². The maximum absolute atomic E-state index is 12.3. The van der Waals surface area contributed by atoms with E-state index >= 15 is 0 Å². The highest BCUT2D eigenvalue weighted by Crippen LogP contribution is 2.30. The molecule has 0 atom stereocenters. The molecule has 0 fully saturated rings. The van der Waals surface area contributed by atoms with Crippen LogP contribution in [0.3, 0.4) is 0 Å². The molecule has 0 unspecified atom stereocenters. The fourth-order valence-electron chi connectivity index (χ4n) is 2.85. The van der Waals surface area contributed by atoms with E-state index in [2.05, 4.69) is 42.0 Å². The summed E-state index contributed by atoms with van der Waals surface area (Å²) in [6.45, 7) is 7.01. The molecule has 1 N–H and O–H groups in total. The van der Waals surface area contributed by atoms with Gasteiger partial charge in [-0.2, -0.15) is 0 Å². The van der Waals surface area contributed by atoms with Crippen LogP contribution in [0.4, 0.5) is 5.69 Å². The number of hydrogen-bond donors (Lipinski definition) is 1. The molecule has 3 aromatic rings. The zero-order chi connectivity index (χ0) is 21.6. The Bertz CT molecular complexity index is 1020. The Hall–Kier alpha value is -2.85. The fraction of sp³-hybridized carbons (Fsp3) is 0.192. The smallest absolute Gasteiger partial charge is 0.248 e. The van der Waals surface area contributed by atoms with Gasteiger partial charge in [-0.3, -0.25) is 4.79 Å². The minimum atomic E-state index is -0.177. The van der Waals surface area contributed by atoms with Gasteiger partial charge in [-0.25, -0.2) is 0 Å². The van der Waals surface area contributed by atoms with Gasteiger partial charge in [0.2, 0.25) is 5.91 Å². The number of amides is 1. The van der Waals surface area contributed by atoms with E-state index in [9.17, 15) is 4.79 Å². The van der Waals surface area contributed by atoms with Gasteiger partial charge in [0.25, 0.3) is 0 Å². The summed E-state index contributed by atoms with van der Waals surface area (Å²) in [5, 5.41) is 2.91. The lowest BCUT2D eigenvalue weighted by atomic mass is 9.87. The van der Waals surface area contributed by atoms with Crippen molar-refractivity contribution >= 4 is 33.6 Å². The molecule has 0 aliphatic carbocycles. The maximum atomic E-state index is 12.3. The van der Waals surface area contributed by atoms with Gasteiger partial charge in [0, 0.05) is 10.5 Å². The van der Waals surface area contributed by atoms with Gasteiger partial charge < -0.3 is 10.1 Å². The number of benzene rings is 3. The number of carbonyl (C=O) groups is 1. The minimum absolute atomic E-state index is 0.0575. The van der Waals surface area contributed by atoms with Crippen LogP contribution >= 0.6 is 15.9 Å². The highest BCUT2D eigenvalue weighted by Gasteiger charge is 2.15. The van der Waals surface area contributed by atoms with Gasteiger partial charge in [-0.05, 0) is 68.4 Å². The topological polar surface area (TPSA) is 38.3 Å². The van der Waals surface area contributed by atoms with Crippen molar-refractivity contribution in [2.45, 2.75) is 32.8 Å². The Labute approximate surface area is 186 Å². The summed E-state index contributed by atoms with van der Waals surface area (Å²) in [4.78, 5) is 12.3. The van der Waals surface area contributed by atoms with E-state index < -0.39 is 0 Å². The maximum Gasteiger partial charge on any atom is 0.248 e. The lowest BCUT2D eigenvalue weighted by molar-refractivity contribution is -0.111. The Morgan fingerprint density at radius 1 is 1.00 bits per heavy atom. The highest BCUT2D eigenvalue weighted by atomic mass is 79.9. The predicted molar refractivity (Wildman–Crippen MR) is 128 cm³/mol. The first-order valence-corrected chi connectivity index (χ1v) is 10.7. The Kier molecular flexibility index (Phi) is 7.11. The molecule has 0 bridgehead atoms. The van der Waals surface area contributed by atoms with E-state index in [0.717, 1.165) is 27.0 Å². The Morgan fingerprint density at radius 2 is 1.70 bits per heavy atom. The Balaban J connectivity index is 1.56. The van der Waals surface area contributed by atoms with Crippen molar-refractivity contribution in [1.29, 1.82) is 0 Å². The van der Waals surface area contributed by atoms with Crippen LogP contribution in [0.5, 0.6) is 5.75 Å². The third-order valence-electron chi connectivity index (χ3n) is 4.65.